The third-order valence-corrected chi connectivity index (χ3v) is 5.38. The Hall–Kier alpha value is -0.450. The number of halogens is 1. The van der Waals surface area contributed by atoms with Gasteiger partial charge < -0.3 is 10.2 Å². The molecule has 21 heavy (non-hydrogen) atoms. The lowest BCUT2D eigenvalue weighted by Gasteiger charge is -2.24. The molecule has 0 radical (unpaired) electrons. The van der Waals surface area contributed by atoms with Gasteiger partial charge in [0.25, 0.3) is 0 Å². The highest BCUT2D eigenvalue weighted by Crippen LogP contribution is 2.33. The predicted molar refractivity (Wildman–Crippen MR) is 94.6 cm³/mol. The van der Waals surface area contributed by atoms with Gasteiger partial charge in [-0.3, -0.25) is 0 Å². The van der Waals surface area contributed by atoms with Crippen LogP contribution in [-0.4, -0.2) is 34.6 Å². The summed E-state index contributed by atoms with van der Waals surface area (Å²) < 4.78 is 0.350. The summed E-state index contributed by atoms with van der Waals surface area (Å²) in [5.41, 5.74) is 1.14. The van der Waals surface area contributed by atoms with Crippen molar-refractivity contribution < 1.29 is 0 Å². The van der Waals surface area contributed by atoms with Crippen molar-refractivity contribution in [3.8, 4) is 0 Å². The molecule has 1 saturated heterocycles. The van der Waals surface area contributed by atoms with E-state index in [2.05, 4.69) is 42.9 Å². The van der Waals surface area contributed by atoms with Crippen molar-refractivity contribution in [1.29, 1.82) is 0 Å². The minimum absolute atomic E-state index is 0.350. The molecule has 1 fully saturated rings. The molecular weight excluding hydrogens is 302 g/mol. The first kappa shape index (κ1) is 16.9. The van der Waals surface area contributed by atoms with Crippen LogP contribution in [0, 0.1) is 0 Å². The minimum Gasteiger partial charge on any atom is -0.355 e. The molecule has 3 nitrogen and oxygen atoms in total. The Morgan fingerprint density at radius 3 is 2.86 bits per heavy atom. The van der Waals surface area contributed by atoms with Crippen molar-refractivity contribution in [3.63, 3.8) is 0 Å². The first-order chi connectivity index (χ1) is 9.87. The van der Waals surface area contributed by atoms with E-state index in [1.807, 2.05) is 24.0 Å². The molecule has 1 aliphatic heterocycles. The van der Waals surface area contributed by atoms with Gasteiger partial charge >= 0.3 is 0 Å². The molecule has 1 aromatic heterocycles. The maximum Gasteiger partial charge on any atom is 0.147 e. The summed E-state index contributed by atoms with van der Waals surface area (Å²) in [4.78, 5) is 6.94. The SMILES string of the molecule is CC(C)NCc1cnc(N2CCSC(C)(C)CC2)c(Cl)c1. The molecule has 0 atom stereocenters. The van der Waals surface area contributed by atoms with Gasteiger partial charge in [-0.05, 0) is 18.1 Å². The van der Waals surface area contributed by atoms with Crippen molar-refractivity contribution in [1.82, 2.24) is 10.3 Å². The molecule has 0 saturated carbocycles. The molecule has 5 heteroatoms. The molecule has 1 aliphatic rings. The summed E-state index contributed by atoms with van der Waals surface area (Å²) in [6.45, 7) is 11.8. The van der Waals surface area contributed by atoms with Crippen LogP contribution in [0.4, 0.5) is 5.82 Å². The van der Waals surface area contributed by atoms with Gasteiger partial charge in [0, 0.05) is 42.4 Å². The van der Waals surface area contributed by atoms with Crippen LogP contribution in [0.25, 0.3) is 0 Å². The van der Waals surface area contributed by atoms with Gasteiger partial charge in [-0.25, -0.2) is 4.98 Å². The monoisotopic (exact) mass is 327 g/mol. The van der Waals surface area contributed by atoms with Gasteiger partial charge in [-0.15, -0.1) is 0 Å². The van der Waals surface area contributed by atoms with E-state index < -0.39 is 0 Å². The largest absolute Gasteiger partial charge is 0.355 e. The highest BCUT2D eigenvalue weighted by atomic mass is 35.5. The maximum atomic E-state index is 6.46. The number of aromatic nitrogens is 1. The van der Waals surface area contributed by atoms with Gasteiger partial charge in [0.05, 0.1) is 5.02 Å². The van der Waals surface area contributed by atoms with Crippen LogP contribution in [0.5, 0.6) is 0 Å². The Morgan fingerprint density at radius 2 is 2.19 bits per heavy atom. The van der Waals surface area contributed by atoms with Crippen LogP contribution in [0.2, 0.25) is 5.02 Å². The van der Waals surface area contributed by atoms with Crippen molar-refractivity contribution in [2.24, 2.45) is 0 Å². The molecule has 0 spiro atoms. The Labute approximate surface area is 137 Å². The van der Waals surface area contributed by atoms with Crippen molar-refractivity contribution in [3.05, 3.63) is 22.8 Å². The zero-order valence-electron chi connectivity index (χ0n) is 13.4. The van der Waals surface area contributed by atoms with E-state index in [9.17, 15) is 0 Å². The Balaban J connectivity index is 2.06. The van der Waals surface area contributed by atoms with Gasteiger partial charge in [0.1, 0.15) is 5.82 Å². The van der Waals surface area contributed by atoms with Crippen LogP contribution in [0.1, 0.15) is 39.7 Å². The topological polar surface area (TPSA) is 28.2 Å². The summed E-state index contributed by atoms with van der Waals surface area (Å²) in [7, 11) is 0. The molecule has 0 bridgehead atoms. The van der Waals surface area contributed by atoms with E-state index >= 15 is 0 Å². The second kappa shape index (κ2) is 7.21. The fraction of sp³-hybridized carbons (Fsp3) is 0.688. The van der Waals surface area contributed by atoms with E-state index in [0.29, 0.717) is 10.8 Å². The fourth-order valence-electron chi connectivity index (χ4n) is 2.35. The van der Waals surface area contributed by atoms with Crippen LogP contribution < -0.4 is 10.2 Å². The lowest BCUT2D eigenvalue weighted by molar-refractivity contribution is 0.587. The lowest BCUT2D eigenvalue weighted by atomic mass is 10.1. The number of hydrogen-bond donors (Lipinski definition) is 1. The molecule has 0 aliphatic carbocycles. The van der Waals surface area contributed by atoms with E-state index in [4.69, 9.17) is 11.6 Å². The van der Waals surface area contributed by atoms with Crippen LogP contribution in [0.15, 0.2) is 12.3 Å². The summed E-state index contributed by atoms with van der Waals surface area (Å²) in [5.74, 6) is 2.06. The second-order valence-corrected chi connectivity index (χ2v) is 8.74. The molecule has 0 unspecified atom stereocenters. The quantitative estimate of drug-likeness (QED) is 0.906. The normalized spacial score (nSPS) is 18.9. The molecule has 118 valence electrons. The van der Waals surface area contributed by atoms with Gasteiger partial charge in [0.15, 0.2) is 0 Å². The predicted octanol–water partition coefficient (Wildman–Crippen LogP) is 3.95. The molecule has 0 aromatic carbocycles. The van der Waals surface area contributed by atoms with E-state index in [1.54, 1.807) is 0 Å². The summed E-state index contributed by atoms with van der Waals surface area (Å²) in [6, 6.07) is 2.51. The highest BCUT2D eigenvalue weighted by molar-refractivity contribution is 8.00. The maximum absolute atomic E-state index is 6.46. The number of thioether (sulfide) groups is 1. The molecule has 2 rings (SSSR count). The second-order valence-electron chi connectivity index (χ2n) is 6.53. The average Bonchev–Trinajstić information content (AvgIpc) is 2.58. The molecular formula is C16H26ClN3S. The Morgan fingerprint density at radius 1 is 1.43 bits per heavy atom. The Bertz CT molecular complexity index is 477. The summed E-state index contributed by atoms with van der Waals surface area (Å²) in [5, 5.41) is 4.16. The van der Waals surface area contributed by atoms with E-state index in [1.165, 1.54) is 0 Å². The van der Waals surface area contributed by atoms with Gasteiger partial charge in [-0.2, -0.15) is 11.8 Å². The first-order valence-electron chi connectivity index (χ1n) is 7.64. The van der Waals surface area contributed by atoms with Gasteiger partial charge in [0.2, 0.25) is 0 Å². The first-order valence-corrected chi connectivity index (χ1v) is 9.00. The van der Waals surface area contributed by atoms with Crippen molar-refractivity contribution in [2.45, 2.75) is 51.4 Å². The molecule has 1 aromatic rings. The number of nitrogens with zero attached hydrogens (tertiary/aromatic N) is 2. The number of hydrogen-bond acceptors (Lipinski definition) is 4. The number of anilines is 1. The molecule has 0 amide bonds. The van der Waals surface area contributed by atoms with Crippen molar-refractivity contribution in [2.75, 3.05) is 23.7 Å². The zero-order chi connectivity index (χ0) is 15.5. The number of pyridine rings is 1. The Kier molecular flexibility index (Phi) is 5.81. The van der Waals surface area contributed by atoms with E-state index in [0.717, 1.165) is 48.2 Å². The van der Waals surface area contributed by atoms with Crippen LogP contribution in [0.3, 0.4) is 0 Å². The smallest absolute Gasteiger partial charge is 0.147 e. The fourth-order valence-corrected chi connectivity index (χ4v) is 3.76. The lowest BCUT2D eigenvalue weighted by Crippen LogP contribution is -2.28. The third kappa shape index (κ3) is 5.04. The highest BCUT2D eigenvalue weighted by Gasteiger charge is 2.25. The molecule has 1 N–H and O–H groups in total. The van der Waals surface area contributed by atoms with Crippen LogP contribution >= 0.6 is 23.4 Å². The average molecular weight is 328 g/mol. The third-order valence-electron chi connectivity index (χ3n) is 3.73. The summed E-state index contributed by atoms with van der Waals surface area (Å²) in [6.07, 6.45) is 3.10. The molecule has 2 heterocycles. The van der Waals surface area contributed by atoms with Gasteiger partial charge in [-0.1, -0.05) is 39.3 Å². The standard InChI is InChI=1S/C16H26ClN3S/c1-12(2)18-10-13-9-14(17)15(19-11-13)20-6-5-16(3,4)21-8-7-20/h9,11-12,18H,5-8,10H2,1-4H3. The summed E-state index contributed by atoms with van der Waals surface area (Å²) >= 11 is 8.50. The number of nitrogens with one attached hydrogen (secondary N) is 1. The number of rotatable bonds is 4. The van der Waals surface area contributed by atoms with Crippen LogP contribution in [-0.2, 0) is 6.54 Å². The zero-order valence-corrected chi connectivity index (χ0v) is 15.0. The van der Waals surface area contributed by atoms with Crippen molar-refractivity contribution >= 4 is 29.2 Å². The minimum atomic E-state index is 0.350. The van der Waals surface area contributed by atoms with E-state index in [-0.39, 0.29) is 0 Å².